The van der Waals surface area contributed by atoms with E-state index in [1.54, 1.807) is 14.2 Å². The van der Waals surface area contributed by atoms with Crippen molar-refractivity contribution in [3.8, 4) is 5.75 Å². The summed E-state index contributed by atoms with van der Waals surface area (Å²) in [5.41, 5.74) is 1.12. The first kappa shape index (κ1) is 17.9. The molecule has 3 atom stereocenters. The molecule has 0 aliphatic heterocycles. The Labute approximate surface area is 127 Å². The molecule has 5 heteroatoms. The predicted molar refractivity (Wildman–Crippen MR) is 82.7 cm³/mol. The molecule has 1 rings (SSSR count). The molecule has 0 saturated carbocycles. The molecular formula is C16H27NO4. The van der Waals surface area contributed by atoms with E-state index in [1.165, 1.54) is 0 Å². The summed E-state index contributed by atoms with van der Waals surface area (Å²) in [6.45, 7) is 5.26. The molecule has 1 aromatic rings. The first-order valence-electron chi connectivity index (χ1n) is 7.22. The summed E-state index contributed by atoms with van der Waals surface area (Å²) in [5.74, 6) is 0.832. The smallest absolute Gasteiger partial charge is 0.119 e. The van der Waals surface area contributed by atoms with Crippen molar-refractivity contribution in [1.82, 2.24) is 5.32 Å². The summed E-state index contributed by atoms with van der Waals surface area (Å²) in [4.78, 5) is 0. The highest BCUT2D eigenvalue weighted by molar-refractivity contribution is 5.30. The summed E-state index contributed by atoms with van der Waals surface area (Å²) in [6.07, 6.45) is -0.558. The summed E-state index contributed by atoms with van der Waals surface area (Å²) >= 11 is 0. The van der Waals surface area contributed by atoms with Gasteiger partial charge in [0.25, 0.3) is 0 Å². The van der Waals surface area contributed by atoms with Crippen LogP contribution in [-0.2, 0) is 9.47 Å². The van der Waals surface area contributed by atoms with Crippen molar-refractivity contribution in [2.45, 2.75) is 32.1 Å². The summed E-state index contributed by atoms with van der Waals surface area (Å²) in [5, 5.41) is 13.2. The van der Waals surface area contributed by atoms with Crippen LogP contribution >= 0.6 is 0 Å². The largest absolute Gasteiger partial charge is 0.497 e. The molecule has 120 valence electrons. The average molecular weight is 297 g/mol. The van der Waals surface area contributed by atoms with Gasteiger partial charge in [0.15, 0.2) is 0 Å². The maximum absolute atomic E-state index is 9.91. The zero-order valence-electron chi connectivity index (χ0n) is 13.3. The van der Waals surface area contributed by atoms with Gasteiger partial charge >= 0.3 is 0 Å². The lowest BCUT2D eigenvalue weighted by Crippen LogP contribution is -2.33. The fourth-order valence-corrected chi connectivity index (χ4v) is 1.96. The first-order valence-corrected chi connectivity index (χ1v) is 7.22. The van der Waals surface area contributed by atoms with Gasteiger partial charge in [0.05, 0.1) is 32.5 Å². The van der Waals surface area contributed by atoms with Gasteiger partial charge in [0.2, 0.25) is 0 Å². The van der Waals surface area contributed by atoms with Crippen molar-refractivity contribution in [1.29, 1.82) is 0 Å². The van der Waals surface area contributed by atoms with Crippen LogP contribution in [-0.4, -0.2) is 51.3 Å². The molecule has 2 N–H and O–H groups in total. The van der Waals surface area contributed by atoms with E-state index >= 15 is 0 Å². The number of nitrogens with one attached hydrogen (secondary N) is 1. The Kier molecular flexibility index (Phi) is 8.30. The molecule has 0 aliphatic carbocycles. The minimum atomic E-state index is -0.544. The van der Waals surface area contributed by atoms with E-state index in [2.05, 4.69) is 12.2 Å². The van der Waals surface area contributed by atoms with Crippen molar-refractivity contribution in [3.05, 3.63) is 29.8 Å². The van der Waals surface area contributed by atoms with Crippen LogP contribution in [0.1, 0.15) is 25.5 Å². The number of ether oxygens (including phenoxy) is 3. The minimum Gasteiger partial charge on any atom is -0.497 e. The number of rotatable bonds is 10. The molecule has 21 heavy (non-hydrogen) atoms. The Morgan fingerprint density at radius 3 is 2.62 bits per heavy atom. The Hall–Kier alpha value is -1.14. The first-order chi connectivity index (χ1) is 10.1. The molecule has 0 aromatic heterocycles. The normalized spacial score (nSPS) is 15.5. The lowest BCUT2D eigenvalue weighted by Gasteiger charge is -2.19. The zero-order chi connectivity index (χ0) is 15.7. The second-order valence-corrected chi connectivity index (χ2v) is 5.16. The highest BCUT2D eigenvalue weighted by atomic mass is 16.5. The Morgan fingerprint density at radius 1 is 1.19 bits per heavy atom. The molecule has 1 aromatic carbocycles. The average Bonchev–Trinajstić information content (AvgIpc) is 2.50. The van der Waals surface area contributed by atoms with Crippen LogP contribution in [0.15, 0.2) is 24.3 Å². The van der Waals surface area contributed by atoms with E-state index in [0.29, 0.717) is 19.8 Å². The van der Waals surface area contributed by atoms with Gasteiger partial charge in [-0.15, -0.1) is 0 Å². The van der Waals surface area contributed by atoms with Crippen molar-refractivity contribution in [3.63, 3.8) is 0 Å². The van der Waals surface area contributed by atoms with Crippen LogP contribution < -0.4 is 10.1 Å². The molecule has 0 amide bonds. The van der Waals surface area contributed by atoms with Gasteiger partial charge in [-0.3, -0.25) is 0 Å². The lowest BCUT2D eigenvalue weighted by atomic mass is 10.1. The van der Waals surface area contributed by atoms with Crippen molar-refractivity contribution < 1.29 is 19.3 Å². The van der Waals surface area contributed by atoms with E-state index in [1.807, 2.05) is 31.2 Å². The topological polar surface area (TPSA) is 60.0 Å². The van der Waals surface area contributed by atoms with E-state index in [9.17, 15) is 5.11 Å². The van der Waals surface area contributed by atoms with Crippen LogP contribution in [0.5, 0.6) is 5.75 Å². The van der Waals surface area contributed by atoms with Gasteiger partial charge in [-0.2, -0.15) is 0 Å². The predicted octanol–water partition coefficient (Wildman–Crippen LogP) is 1.76. The van der Waals surface area contributed by atoms with Crippen LogP contribution in [0.2, 0.25) is 0 Å². The fourth-order valence-electron chi connectivity index (χ4n) is 1.96. The van der Waals surface area contributed by atoms with E-state index in [4.69, 9.17) is 14.2 Å². The quantitative estimate of drug-likeness (QED) is 0.689. The molecule has 2 unspecified atom stereocenters. The third kappa shape index (κ3) is 6.91. The summed E-state index contributed by atoms with van der Waals surface area (Å²) in [6, 6.07) is 8.02. The molecule has 0 bridgehead atoms. The van der Waals surface area contributed by atoms with Crippen LogP contribution in [0.3, 0.4) is 0 Å². The van der Waals surface area contributed by atoms with Crippen LogP contribution in [0.4, 0.5) is 0 Å². The molecule has 0 radical (unpaired) electrons. The molecule has 0 fully saturated rings. The van der Waals surface area contributed by atoms with E-state index in [-0.39, 0.29) is 12.1 Å². The fraction of sp³-hybridized carbons (Fsp3) is 0.625. The highest BCUT2D eigenvalue weighted by Gasteiger charge is 2.11. The molecular weight excluding hydrogens is 270 g/mol. The standard InChI is InChI=1S/C16H27NO4/c1-12(10-19-3)21-11-15(18)9-17-13(2)14-6-5-7-16(8-14)20-4/h5-8,12-13,15,17-18H,9-11H2,1-4H3/t12?,13-,15?/m0/s1. The molecule has 0 saturated heterocycles. The van der Waals surface area contributed by atoms with Crippen LogP contribution in [0.25, 0.3) is 0 Å². The number of aliphatic hydroxyl groups excluding tert-OH is 1. The van der Waals surface area contributed by atoms with E-state index in [0.717, 1.165) is 11.3 Å². The third-order valence-corrected chi connectivity index (χ3v) is 3.23. The van der Waals surface area contributed by atoms with Gasteiger partial charge in [0.1, 0.15) is 5.75 Å². The summed E-state index contributed by atoms with van der Waals surface area (Å²) < 4.78 is 15.7. The van der Waals surface area contributed by atoms with Gasteiger partial charge in [-0.05, 0) is 31.5 Å². The maximum Gasteiger partial charge on any atom is 0.119 e. The van der Waals surface area contributed by atoms with Gasteiger partial charge in [-0.25, -0.2) is 0 Å². The Morgan fingerprint density at radius 2 is 1.95 bits per heavy atom. The monoisotopic (exact) mass is 297 g/mol. The third-order valence-electron chi connectivity index (χ3n) is 3.23. The molecule has 0 heterocycles. The second kappa shape index (κ2) is 9.73. The second-order valence-electron chi connectivity index (χ2n) is 5.16. The van der Waals surface area contributed by atoms with Gasteiger partial charge < -0.3 is 24.6 Å². The Balaban J connectivity index is 2.32. The van der Waals surface area contributed by atoms with E-state index < -0.39 is 6.10 Å². The highest BCUT2D eigenvalue weighted by Crippen LogP contribution is 2.18. The number of methoxy groups -OCH3 is 2. The maximum atomic E-state index is 9.91. The summed E-state index contributed by atoms with van der Waals surface area (Å²) in [7, 11) is 3.28. The van der Waals surface area contributed by atoms with Crippen molar-refractivity contribution in [2.75, 3.05) is 34.0 Å². The number of aliphatic hydroxyl groups is 1. The number of hydrogen-bond donors (Lipinski definition) is 2. The van der Waals surface area contributed by atoms with Gasteiger partial charge in [0, 0.05) is 19.7 Å². The molecule has 5 nitrogen and oxygen atoms in total. The zero-order valence-corrected chi connectivity index (χ0v) is 13.3. The lowest BCUT2D eigenvalue weighted by molar-refractivity contribution is -0.0315. The SMILES string of the molecule is COCC(C)OCC(O)CN[C@@H](C)c1cccc(OC)c1. The van der Waals surface area contributed by atoms with Crippen LogP contribution in [0, 0.1) is 0 Å². The molecule has 0 spiro atoms. The number of benzene rings is 1. The van der Waals surface area contributed by atoms with Crippen molar-refractivity contribution >= 4 is 0 Å². The van der Waals surface area contributed by atoms with Gasteiger partial charge in [-0.1, -0.05) is 12.1 Å². The molecule has 0 aliphatic rings. The number of hydrogen-bond acceptors (Lipinski definition) is 5. The Bertz CT molecular complexity index is 400. The van der Waals surface area contributed by atoms with Crippen molar-refractivity contribution in [2.24, 2.45) is 0 Å². The minimum absolute atomic E-state index is 0.0135.